The number of hydrogen-bond donors (Lipinski definition) is 0. The molecule has 0 aromatic heterocycles. The van der Waals surface area contributed by atoms with Crippen LogP contribution in [0.5, 0.6) is 5.75 Å². The van der Waals surface area contributed by atoms with Crippen molar-refractivity contribution in [2.75, 3.05) is 7.11 Å². The minimum Gasteiger partial charge on any atom is -0.497 e. The molecular weight excluding hydrogens is 234 g/mol. The number of nitrogens with zero attached hydrogens (tertiary/aromatic N) is 1. The van der Waals surface area contributed by atoms with Crippen molar-refractivity contribution in [3.8, 4) is 5.75 Å². The molecule has 2 aromatic carbocycles. The summed E-state index contributed by atoms with van der Waals surface area (Å²) in [4.78, 5) is 4.70. The lowest BCUT2D eigenvalue weighted by molar-refractivity contribution is 0.415. The van der Waals surface area contributed by atoms with Crippen LogP contribution in [0, 0.1) is 13.8 Å². The van der Waals surface area contributed by atoms with Gasteiger partial charge in [0.15, 0.2) is 0 Å². The van der Waals surface area contributed by atoms with E-state index in [1.807, 2.05) is 31.2 Å². The third-order valence-corrected chi connectivity index (χ3v) is 3.15. The summed E-state index contributed by atoms with van der Waals surface area (Å²) in [6.45, 7) is 6.21. The van der Waals surface area contributed by atoms with Crippen molar-refractivity contribution in [2.45, 2.75) is 20.8 Å². The number of aliphatic imine (C=N–C) groups is 1. The molecular formula is C17H19NO. The molecule has 0 fully saturated rings. The Labute approximate surface area is 114 Å². The van der Waals surface area contributed by atoms with E-state index in [0.29, 0.717) is 0 Å². The van der Waals surface area contributed by atoms with E-state index < -0.39 is 0 Å². The fraction of sp³-hybridized carbons (Fsp3) is 0.235. The van der Waals surface area contributed by atoms with Crippen molar-refractivity contribution in [1.82, 2.24) is 0 Å². The van der Waals surface area contributed by atoms with Gasteiger partial charge < -0.3 is 4.74 Å². The maximum absolute atomic E-state index is 5.16. The minimum atomic E-state index is 0.864. The molecule has 2 nitrogen and oxygen atoms in total. The molecule has 2 heteroatoms. The lowest BCUT2D eigenvalue weighted by Gasteiger charge is -2.06. The molecule has 2 aromatic rings. The number of methoxy groups -OCH3 is 1. The average Bonchev–Trinajstić information content (AvgIpc) is 2.42. The van der Waals surface area contributed by atoms with Crippen molar-refractivity contribution in [3.63, 3.8) is 0 Å². The van der Waals surface area contributed by atoms with Crippen LogP contribution < -0.4 is 4.74 Å². The zero-order valence-corrected chi connectivity index (χ0v) is 11.9. The van der Waals surface area contributed by atoms with Gasteiger partial charge in [0.05, 0.1) is 12.8 Å². The second-order valence-electron chi connectivity index (χ2n) is 4.72. The number of ether oxygens (including phenoxy) is 1. The zero-order chi connectivity index (χ0) is 13.8. The minimum absolute atomic E-state index is 0.864. The van der Waals surface area contributed by atoms with Gasteiger partial charge in [-0.3, -0.25) is 4.99 Å². The van der Waals surface area contributed by atoms with Gasteiger partial charge >= 0.3 is 0 Å². The maximum Gasteiger partial charge on any atom is 0.118 e. The molecule has 0 amide bonds. The highest BCUT2D eigenvalue weighted by atomic mass is 16.5. The smallest absolute Gasteiger partial charge is 0.118 e. The van der Waals surface area contributed by atoms with E-state index in [1.165, 1.54) is 11.1 Å². The van der Waals surface area contributed by atoms with Crippen LogP contribution in [0.4, 0.5) is 5.69 Å². The first-order valence-corrected chi connectivity index (χ1v) is 6.37. The Hall–Kier alpha value is -2.09. The van der Waals surface area contributed by atoms with Crippen molar-refractivity contribution in [3.05, 3.63) is 59.2 Å². The largest absolute Gasteiger partial charge is 0.497 e. The number of aryl methyl sites for hydroxylation is 2. The van der Waals surface area contributed by atoms with E-state index in [-0.39, 0.29) is 0 Å². The van der Waals surface area contributed by atoms with Gasteiger partial charge in [-0.25, -0.2) is 0 Å². The molecule has 0 aliphatic carbocycles. The van der Waals surface area contributed by atoms with E-state index in [2.05, 4.69) is 32.0 Å². The summed E-state index contributed by atoms with van der Waals surface area (Å²) in [5, 5.41) is 0. The van der Waals surface area contributed by atoms with Gasteiger partial charge in [0.1, 0.15) is 5.75 Å². The Kier molecular flexibility index (Phi) is 4.00. The molecule has 0 N–H and O–H groups in total. The molecule has 0 saturated carbocycles. The molecule has 0 heterocycles. The van der Waals surface area contributed by atoms with Gasteiger partial charge in [0.25, 0.3) is 0 Å². The van der Waals surface area contributed by atoms with E-state index >= 15 is 0 Å². The predicted molar refractivity (Wildman–Crippen MR) is 80.8 cm³/mol. The second kappa shape index (κ2) is 5.70. The SMILES string of the molecule is COc1ccc(C(C)=Nc2ccc(C)cc2C)cc1. The molecule has 0 bridgehead atoms. The lowest BCUT2D eigenvalue weighted by atomic mass is 10.1. The van der Waals surface area contributed by atoms with Crippen LogP contribution in [0.25, 0.3) is 0 Å². The Bertz CT molecular complexity index is 597. The molecule has 0 radical (unpaired) electrons. The van der Waals surface area contributed by atoms with Crippen molar-refractivity contribution < 1.29 is 4.74 Å². The Morgan fingerprint density at radius 3 is 2.26 bits per heavy atom. The van der Waals surface area contributed by atoms with Crippen LogP contribution in [-0.4, -0.2) is 12.8 Å². The van der Waals surface area contributed by atoms with Crippen LogP contribution >= 0.6 is 0 Å². The van der Waals surface area contributed by atoms with Gasteiger partial charge in [-0.05, 0) is 62.2 Å². The molecule has 19 heavy (non-hydrogen) atoms. The summed E-state index contributed by atoms with van der Waals surface area (Å²) in [6, 6.07) is 14.3. The fourth-order valence-electron chi connectivity index (χ4n) is 2.01. The average molecular weight is 253 g/mol. The second-order valence-corrected chi connectivity index (χ2v) is 4.72. The summed E-state index contributed by atoms with van der Waals surface area (Å²) >= 11 is 0. The van der Waals surface area contributed by atoms with Crippen LogP contribution in [0.15, 0.2) is 47.5 Å². The topological polar surface area (TPSA) is 21.6 Å². The number of hydrogen-bond acceptors (Lipinski definition) is 2. The highest BCUT2D eigenvalue weighted by molar-refractivity contribution is 6.00. The first kappa shape index (κ1) is 13.3. The zero-order valence-electron chi connectivity index (χ0n) is 11.9. The summed E-state index contributed by atoms with van der Waals surface area (Å²) in [7, 11) is 1.67. The van der Waals surface area contributed by atoms with Gasteiger partial charge in [-0.15, -0.1) is 0 Å². The van der Waals surface area contributed by atoms with Crippen molar-refractivity contribution >= 4 is 11.4 Å². The monoisotopic (exact) mass is 253 g/mol. The predicted octanol–water partition coefficient (Wildman–Crippen LogP) is 4.45. The Balaban J connectivity index is 2.31. The summed E-state index contributed by atoms with van der Waals surface area (Å²) < 4.78 is 5.16. The number of benzene rings is 2. The molecule has 0 aliphatic rings. The van der Waals surface area contributed by atoms with Gasteiger partial charge in [-0.2, -0.15) is 0 Å². The third kappa shape index (κ3) is 3.22. The molecule has 98 valence electrons. The summed E-state index contributed by atoms with van der Waals surface area (Å²) in [5.74, 6) is 0.864. The molecule has 0 aliphatic heterocycles. The normalized spacial score (nSPS) is 11.5. The highest BCUT2D eigenvalue weighted by Gasteiger charge is 2.01. The summed E-state index contributed by atoms with van der Waals surface area (Å²) in [6.07, 6.45) is 0. The molecule has 0 atom stereocenters. The van der Waals surface area contributed by atoms with Gasteiger partial charge in [-0.1, -0.05) is 17.7 Å². The van der Waals surface area contributed by atoms with Gasteiger partial charge in [0, 0.05) is 5.71 Å². The maximum atomic E-state index is 5.16. The standard InChI is InChI=1S/C17H19NO/c1-12-5-10-17(13(2)11-12)18-14(3)15-6-8-16(19-4)9-7-15/h5-11H,1-4H3. The molecule has 0 saturated heterocycles. The first-order chi connectivity index (χ1) is 9.10. The molecule has 0 spiro atoms. The van der Waals surface area contributed by atoms with Crippen molar-refractivity contribution in [1.29, 1.82) is 0 Å². The van der Waals surface area contributed by atoms with E-state index in [1.54, 1.807) is 7.11 Å². The Morgan fingerprint density at radius 1 is 1.00 bits per heavy atom. The third-order valence-electron chi connectivity index (χ3n) is 3.15. The number of rotatable bonds is 3. The van der Waals surface area contributed by atoms with Crippen LogP contribution in [0.2, 0.25) is 0 Å². The Morgan fingerprint density at radius 2 is 1.68 bits per heavy atom. The lowest BCUT2D eigenvalue weighted by Crippen LogP contribution is -1.94. The van der Waals surface area contributed by atoms with E-state index in [9.17, 15) is 0 Å². The fourth-order valence-corrected chi connectivity index (χ4v) is 2.01. The van der Waals surface area contributed by atoms with Gasteiger partial charge in [0.2, 0.25) is 0 Å². The summed E-state index contributed by atoms with van der Waals surface area (Å²) in [5.41, 5.74) is 5.61. The van der Waals surface area contributed by atoms with E-state index in [4.69, 9.17) is 9.73 Å². The molecule has 0 unspecified atom stereocenters. The van der Waals surface area contributed by atoms with Crippen LogP contribution in [-0.2, 0) is 0 Å². The van der Waals surface area contributed by atoms with Crippen LogP contribution in [0.1, 0.15) is 23.6 Å². The molecule has 2 rings (SSSR count). The first-order valence-electron chi connectivity index (χ1n) is 6.37. The quantitative estimate of drug-likeness (QED) is 0.740. The van der Waals surface area contributed by atoms with Crippen LogP contribution in [0.3, 0.4) is 0 Å². The highest BCUT2D eigenvalue weighted by Crippen LogP contribution is 2.21. The van der Waals surface area contributed by atoms with Crippen molar-refractivity contribution in [2.24, 2.45) is 4.99 Å². The van der Waals surface area contributed by atoms with E-state index in [0.717, 1.165) is 22.7 Å².